The van der Waals surface area contributed by atoms with Gasteiger partial charge in [-0.05, 0) is 43.3 Å². The van der Waals surface area contributed by atoms with Gasteiger partial charge in [0.2, 0.25) is 0 Å². The summed E-state index contributed by atoms with van der Waals surface area (Å²) in [5.74, 6) is 0.938. The summed E-state index contributed by atoms with van der Waals surface area (Å²) < 4.78 is 11.6. The fraction of sp³-hybridized carbons (Fsp3) is 0.455. The highest BCUT2D eigenvalue weighted by Gasteiger charge is 2.32. The number of rotatable bonds is 3. The van der Waals surface area contributed by atoms with Crippen LogP contribution in [0.4, 0.5) is 0 Å². The molecule has 0 bridgehead atoms. The fourth-order valence-electron chi connectivity index (χ4n) is 1.83. The molecule has 0 unspecified atom stereocenters. The second-order valence-electron chi connectivity index (χ2n) is 4.85. The van der Waals surface area contributed by atoms with Crippen LogP contribution in [0.3, 0.4) is 0 Å². The minimum Gasteiger partial charge on any atom is -0.520 e. The third-order valence-electron chi connectivity index (χ3n) is 2.75. The molecular weight excluding hydrogens is 327 g/mol. The number of halogens is 3. The van der Waals surface area contributed by atoms with Gasteiger partial charge in [0.15, 0.2) is 0 Å². The fourth-order valence-corrected chi connectivity index (χ4v) is 4.55. The Labute approximate surface area is 124 Å². The Balaban J connectivity index is 2.09. The summed E-state index contributed by atoms with van der Waals surface area (Å²) in [5, 5.41) is 0. The Morgan fingerprint density at radius 2 is 2.00 bits per heavy atom. The van der Waals surface area contributed by atoms with E-state index < -0.39 is 14.6 Å². The third kappa shape index (κ3) is 4.15. The van der Waals surface area contributed by atoms with Crippen molar-refractivity contribution in [2.24, 2.45) is 0 Å². The maximum Gasteiger partial charge on any atom is 0.392 e. The lowest BCUT2D eigenvalue weighted by atomic mass is 10.1. The highest BCUT2D eigenvalue weighted by molar-refractivity contribution is 7.64. The molecule has 2 rings (SSSR count). The molecule has 0 atom stereocenters. The van der Waals surface area contributed by atoms with Gasteiger partial charge in [0.05, 0.1) is 6.61 Å². The van der Waals surface area contributed by atoms with Gasteiger partial charge in [0.1, 0.15) is 5.75 Å². The van der Waals surface area contributed by atoms with E-state index in [0.29, 0.717) is 12.7 Å². The zero-order valence-electron chi connectivity index (χ0n) is 10.3. The molecule has 0 saturated carbocycles. The molecule has 1 aromatic carbocycles. The van der Waals surface area contributed by atoms with Crippen molar-refractivity contribution >= 4 is 47.8 Å². The van der Waals surface area contributed by atoms with Crippen molar-refractivity contribution in [3.8, 4) is 5.75 Å². The second-order valence-corrected chi connectivity index (χ2v) is 17.4. The van der Waals surface area contributed by atoms with E-state index in [9.17, 15) is 0 Å². The van der Waals surface area contributed by atoms with Crippen LogP contribution in [-0.2, 0) is 17.5 Å². The maximum atomic E-state index is 5.89. The zero-order valence-corrected chi connectivity index (χ0v) is 14.6. The van der Waals surface area contributed by atoms with Gasteiger partial charge >= 0.3 is 14.6 Å². The normalized spacial score (nSPS) is 18.1. The smallest absolute Gasteiger partial charge is 0.392 e. The summed E-state index contributed by atoms with van der Waals surface area (Å²) in [6, 6.07) is 4.23. The summed E-state index contributed by atoms with van der Waals surface area (Å²) in [5.41, 5.74) is 2.26. The largest absolute Gasteiger partial charge is 0.520 e. The first kappa shape index (κ1) is 14.7. The highest BCUT2D eigenvalue weighted by atomic mass is 35.8. The molecule has 0 N–H and O–H groups in total. The van der Waals surface area contributed by atoms with Gasteiger partial charge < -0.3 is 8.85 Å². The van der Waals surface area contributed by atoms with Gasteiger partial charge in [-0.2, -0.15) is 0 Å². The van der Waals surface area contributed by atoms with Crippen LogP contribution < -0.4 is 4.43 Å². The lowest BCUT2D eigenvalue weighted by Gasteiger charge is -2.30. The molecule has 0 aliphatic carbocycles. The van der Waals surface area contributed by atoms with E-state index in [1.807, 2.05) is 25.2 Å². The van der Waals surface area contributed by atoms with E-state index in [0.717, 1.165) is 17.7 Å². The van der Waals surface area contributed by atoms with Crippen molar-refractivity contribution in [3.63, 3.8) is 0 Å². The van der Waals surface area contributed by atoms with Crippen LogP contribution in [0.2, 0.25) is 19.1 Å². The molecule has 2 nitrogen and oxygen atoms in total. The molecule has 0 saturated heterocycles. The number of hydrogen-bond donors (Lipinski definition) is 0. The average molecular weight is 342 g/mol. The molecule has 7 heteroatoms. The summed E-state index contributed by atoms with van der Waals surface area (Å²) in [4.78, 5) is 0. The van der Waals surface area contributed by atoms with Crippen molar-refractivity contribution in [1.29, 1.82) is 0 Å². The predicted molar refractivity (Wildman–Crippen MR) is 81.2 cm³/mol. The Kier molecular flexibility index (Phi) is 4.36. The first-order chi connectivity index (χ1) is 8.25. The van der Waals surface area contributed by atoms with Crippen molar-refractivity contribution in [2.75, 3.05) is 0 Å². The van der Waals surface area contributed by atoms with Gasteiger partial charge in [-0.25, -0.2) is 0 Å². The Hall–Kier alpha value is 0.284. The Morgan fingerprint density at radius 3 is 2.67 bits per heavy atom. The summed E-state index contributed by atoms with van der Waals surface area (Å²) in [6.07, 6.45) is 0.789. The summed E-state index contributed by atoms with van der Waals surface area (Å²) in [6.45, 7) is 4.70. The molecule has 100 valence electrons. The van der Waals surface area contributed by atoms with Crippen molar-refractivity contribution in [3.05, 3.63) is 29.3 Å². The number of benzene rings is 1. The zero-order chi connectivity index (χ0) is 13.4. The molecular formula is C11H15Cl3O2Si2. The molecule has 0 radical (unpaired) electrons. The average Bonchev–Trinajstić information content (AvgIpc) is 2.24. The topological polar surface area (TPSA) is 18.5 Å². The monoisotopic (exact) mass is 340 g/mol. The second kappa shape index (κ2) is 5.34. The van der Waals surface area contributed by atoms with E-state index in [1.165, 1.54) is 5.56 Å². The SMILES string of the molecule is C[Si]1(C)OCc2cc(CC[Si](Cl)(Cl)Cl)ccc2O1. The van der Waals surface area contributed by atoms with Gasteiger partial charge in [-0.3, -0.25) is 0 Å². The maximum absolute atomic E-state index is 5.89. The number of aryl methyl sites for hydroxylation is 1. The van der Waals surface area contributed by atoms with Crippen LogP contribution in [0.15, 0.2) is 18.2 Å². The third-order valence-corrected chi connectivity index (χ3v) is 6.82. The van der Waals surface area contributed by atoms with E-state index in [2.05, 4.69) is 6.07 Å². The first-order valence-electron chi connectivity index (χ1n) is 5.77. The Bertz CT molecular complexity index is 446. The number of hydrogen-bond acceptors (Lipinski definition) is 2. The van der Waals surface area contributed by atoms with Gasteiger partial charge in [-0.15, -0.1) is 33.2 Å². The van der Waals surface area contributed by atoms with Crippen LogP contribution in [0.25, 0.3) is 0 Å². The lowest BCUT2D eigenvalue weighted by Crippen LogP contribution is -2.41. The van der Waals surface area contributed by atoms with Crippen molar-refractivity contribution < 1.29 is 8.85 Å². The molecule has 1 aliphatic rings. The Morgan fingerprint density at radius 1 is 1.28 bits per heavy atom. The molecule has 1 aliphatic heterocycles. The predicted octanol–water partition coefficient (Wildman–Crippen LogP) is 4.50. The minimum atomic E-state index is -2.54. The number of fused-ring (bicyclic) bond motifs is 1. The van der Waals surface area contributed by atoms with Crippen molar-refractivity contribution in [1.82, 2.24) is 0 Å². The minimum absolute atomic E-state index is 0.619. The van der Waals surface area contributed by atoms with Crippen LogP contribution in [0, 0.1) is 0 Å². The molecule has 0 fully saturated rings. The van der Waals surface area contributed by atoms with Crippen molar-refractivity contribution in [2.45, 2.75) is 32.2 Å². The van der Waals surface area contributed by atoms with Crippen LogP contribution in [0.1, 0.15) is 11.1 Å². The van der Waals surface area contributed by atoms with Crippen LogP contribution in [0.5, 0.6) is 5.75 Å². The molecule has 0 amide bonds. The van der Waals surface area contributed by atoms with Crippen LogP contribution >= 0.6 is 33.2 Å². The molecule has 0 spiro atoms. The highest BCUT2D eigenvalue weighted by Crippen LogP contribution is 2.32. The molecule has 0 aromatic heterocycles. The molecule has 1 aromatic rings. The van der Waals surface area contributed by atoms with E-state index in [-0.39, 0.29) is 0 Å². The lowest BCUT2D eigenvalue weighted by molar-refractivity contribution is 0.211. The van der Waals surface area contributed by atoms with E-state index in [4.69, 9.17) is 42.1 Å². The molecule has 1 heterocycles. The summed E-state index contributed by atoms with van der Waals surface area (Å²) in [7, 11) is -1.96. The van der Waals surface area contributed by atoms with Gasteiger partial charge in [-0.1, -0.05) is 6.07 Å². The van der Waals surface area contributed by atoms with Gasteiger partial charge in [0, 0.05) is 5.56 Å². The van der Waals surface area contributed by atoms with E-state index in [1.54, 1.807) is 0 Å². The van der Waals surface area contributed by atoms with Crippen LogP contribution in [-0.4, -0.2) is 14.6 Å². The standard InChI is InChI=1S/C11H15Cl3O2Si2/c1-17(2)15-8-10-7-9(3-4-11(10)16-17)5-6-18(12,13)14/h3-4,7H,5-6,8H2,1-2H3. The first-order valence-corrected chi connectivity index (χ1v) is 13.8. The van der Waals surface area contributed by atoms with Gasteiger partial charge in [0.25, 0.3) is 0 Å². The van der Waals surface area contributed by atoms with E-state index >= 15 is 0 Å². The summed E-state index contributed by atoms with van der Waals surface area (Å²) >= 11 is 17.7. The quantitative estimate of drug-likeness (QED) is 0.595. The molecule has 18 heavy (non-hydrogen) atoms.